The van der Waals surface area contributed by atoms with E-state index < -0.39 is 6.10 Å². The predicted octanol–water partition coefficient (Wildman–Crippen LogP) is 2.42. The average molecular weight is 394 g/mol. The monoisotopic (exact) mass is 393 g/mol. The number of Topliss-reactive ketones (excluding diaryl/α,β-unsaturated/α-hetero) is 1. The first-order valence-corrected chi connectivity index (χ1v) is 10.6. The van der Waals surface area contributed by atoms with Gasteiger partial charge in [0.25, 0.3) is 0 Å². The zero-order valence-corrected chi connectivity index (χ0v) is 17.2. The summed E-state index contributed by atoms with van der Waals surface area (Å²) in [6.45, 7) is 10.9. The summed E-state index contributed by atoms with van der Waals surface area (Å²) >= 11 is 0. The molecular formula is C22H32ClNO3. The van der Waals surface area contributed by atoms with E-state index in [2.05, 4.69) is 25.3 Å². The number of fused-ring (bicyclic) bond motifs is 1. The second-order valence-electron chi connectivity index (χ2n) is 10.7. The third kappa shape index (κ3) is 1.62. The van der Waals surface area contributed by atoms with Crippen LogP contribution >= 0.6 is 12.4 Å². The first-order valence-electron chi connectivity index (χ1n) is 10.6. The first kappa shape index (κ1) is 18.6. The van der Waals surface area contributed by atoms with E-state index in [0.29, 0.717) is 24.3 Å². The molecule has 27 heavy (non-hydrogen) atoms. The van der Waals surface area contributed by atoms with Crippen molar-refractivity contribution < 1.29 is 15.0 Å². The van der Waals surface area contributed by atoms with E-state index >= 15 is 0 Å². The highest BCUT2D eigenvalue weighted by molar-refractivity contribution is 5.87. The average Bonchev–Trinajstić information content (AvgIpc) is 3.14. The number of carbonyl (C=O) groups excluding carboxylic acids is 1. The smallest absolute Gasteiger partial charge is 0.140 e. The minimum absolute atomic E-state index is 0. The van der Waals surface area contributed by atoms with E-state index in [9.17, 15) is 15.0 Å². The Balaban J connectivity index is 0.00000160. The van der Waals surface area contributed by atoms with Crippen molar-refractivity contribution in [3.63, 3.8) is 0 Å². The highest BCUT2D eigenvalue weighted by Gasteiger charge is 2.85. The number of hydrogen-bond donors (Lipinski definition) is 2. The van der Waals surface area contributed by atoms with Crippen LogP contribution in [0.3, 0.4) is 0 Å². The number of carbonyl (C=O) groups is 1. The van der Waals surface area contributed by atoms with Crippen molar-refractivity contribution in [3.05, 3.63) is 12.2 Å². The summed E-state index contributed by atoms with van der Waals surface area (Å²) in [7, 11) is 0. The molecule has 5 aliphatic carbocycles. The highest BCUT2D eigenvalue weighted by Crippen LogP contribution is 2.83. The summed E-state index contributed by atoms with van der Waals surface area (Å²) in [6, 6.07) is 0.331. The van der Waals surface area contributed by atoms with E-state index in [4.69, 9.17) is 0 Å². The van der Waals surface area contributed by atoms with E-state index in [1.165, 1.54) is 0 Å². The van der Waals surface area contributed by atoms with Gasteiger partial charge in [0.15, 0.2) is 0 Å². The molecule has 6 rings (SSSR count). The Hall–Kier alpha value is -0.420. The van der Waals surface area contributed by atoms with Gasteiger partial charge in [0.1, 0.15) is 5.78 Å². The van der Waals surface area contributed by atoms with Crippen LogP contribution in [0.25, 0.3) is 0 Å². The largest absolute Gasteiger partial charge is 0.392 e. The van der Waals surface area contributed by atoms with Gasteiger partial charge < -0.3 is 10.2 Å². The molecule has 5 saturated carbocycles. The summed E-state index contributed by atoms with van der Waals surface area (Å²) in [5.74, 6) is 1.16. The number of aliphatic hydroxyl groups excluding tert-OH is 2. The third-order valence-corrected chi connectivity index (χ3v) is 10.4. The molecule has 10 atom stereocenters. The topological polar surface area (TPSA) is 60.8 Å². The zero-order chi connectivity index (χ0) is 18.2. The molecule has 2 N–H and O–H groups in total. The van der Waals surface area contributed by atoms with Crippen molar-refractivity contribution in [2.45, 2.75) is 64.2 Å². The van der Waals surface area contributed by atoms with Crippen LogP contribution in [0.1, 0.15) is 46.0 Å². The molecular weight excluding hydrogens is 362 g/mol. The van der Waals surface area contributed by atoms with Crippen LogP contribution in [-0.4, -0.2) is 52.2 Å². The molecule has 2 unspecified atom stereocenters. The molecule has 1 saturated heterocycles. The molecule has 0 aromatic heterocycles. The van der Waals surface area contributed by atoms with Gasteiger partial charge in [-0.15, -0.1) is 12.4 Å². The number of halogens is 1. The van der Waals surface area contributed by atoms with Crippen molar-refractivity contribution in [1.29, 1.82) is 0 Å². The number of aliphatic hydroxyl groups is 2. The van der Waals surface area contributed by atoms with Crippen molar-refractivity contribution >= 4 is 18.2 Å². The number of likely N-dealkylation sites (tertiary alicyclic amines) is 1. The Bertz CT molecular complexity index is 741. The van der Waals surface area contributed by atoms with Crippen molar-refractivity contribution in [2.24, 2.45) is 39.9 Å². The lowest BCUT2D eigenvalue weighted by Gasteiger charge is -2.65. The van der Waals surface area contributed by atoms with Crippen LogP contribution in [0.2, 0.25) is 0 Å². The fourth-order valence-corrected chi connectivity index (χ4v) is 9.75. The van der Waals surface area contributed by atoms with Gasteiger partial charge in [-0.3, -0.25) is 9.69 Å². The SMILES string of the molecule is C=C1[C@@H]2C[C@]3([C@@H]1O)[C@H]1C[C@H]4C5(C(O)CC[C@@]4(C)CN(CC)[C@@H]15)[C@@H]3CC2=O.Cl. The second-order valence-corrected chi connectivity index (χ2v) is 10.7. The van der Waals surface area contributed by atoms with Gasteiger partial charge in [0.05, 0.1) is 12.2 Å². The number of ketones is 1. The van der Waals surface area contributed by atoms with E-state index in [0.717, 1.165) is 44.3 Å². The van der Waals surface area contributed by atoms with Gasteiger partial charge >= 0.3 is 0 Å². The molecule has 1 aliphatic heterocycles. The summed E-state index contributed by atoms with van der Waals surface area (Å²) in [4.78, 5) is 15.6. The molecule has 6 aliphatic rings. The Kier molecular flexibility index (Phi) is 3.57. The van der Waals surface area contributed by atoms with E-state index in [1.54, 1.807) is 0 Å². The van der Waals surface area contributed by atoms with Gasteiger partial charge in [-0.05, 0) is 61.0 Å². The van der Waals surface area contributed by atoms with Crippen molar-refractivity contribution in [2.75, 3.05) is 13.1 Å². The van der Waals surface area contributed by atoms with Crippen LogP contribution in [0.4, 0.5) is 0 Å². The van der Waals surface area contributed by atoms with E-state index in [1.807, 2.05) is 0 Å². The van der Waals surface area contributed by atoms with Gasteiger partial charge in [0.2, 0.25) is 0 Å². The normalized spacial score (nSPS) is 60.4. The van der Waals surface area contributed by atoms with Crippen LogP contribution in [0, 0.1) is 39.9 Å². The number of hydrogen-bond acceptors (Lipinski definition) is 4. The van der Waals surface area contributed by atoms with Crippen molar-refractivity contribution in [1.82, 2.24) is 4.90 Å². The zero-order valence-electron chi connectivity index (χ0n) is 16.4. The number of rotatable bonds is 1. The standard InChI is InChI=1S/C22H31NO3.ClH/c1-4-23-10-20(3)6-5-17(25)22-15(20)7-13(18(22)23)21-9-12(11(2)19(21)26)14(24)8-16(21)22;/h12-13,15-19,25-26H,2,4-10H2,1,3H3;1H/t12-,13-,15+,16+,17?,18-,19+,20-,21-,22?;/m0./s1. The maximum atomic E-state index is 13.0. The summed E-state index contributed by atoms with van der Waals surface area (Å²) < 4.78 is 0. The minimum Gasteiger partial charge on any atom is -0.392 e. The predicted molar refractivity (Wildman–Crippen MR) is 104 cm³/mol. The molecule has 7 bridgehead atoms. The van der Waals surface area contributed by atoms with Crippen LogP contribution in [-0.2, 0) is 4.79 Å². The Labute approximate surface area is 167 Å². The minimum atomic E-state index is -0.561. The van der Waals surface area contributed by atoms with Gasteiger partial charge in [-0.2, -0.15) is 0 Å². The molecule has 4 nitrogen and oxygen atoms in total. The fraction of sp³-hybridized carbons (Fsp3) is 0.864. The molecule has 5 heteroatoms. The third-order valence-electron chi connectivity index (χ3n) is 10.4. The maximum absolute atomic E-state index is 13.0. The summed E-state index contributed by atoms with van der Waals surface area (Å²) in [6.07, 6.45) is 3.50. The molecule has 150 valence electrons. The molecule has 0 radical (unpaired) electrons. The number of piperidine rings is 1. The molecule has 0 aromatic carbocycles. The fourth-order valence-electron chi connectivity index (χ4n) is 9.75. The van der Waals surface area contributed by atoms with Gasteiger partial charge in [0, 0.05) is 35.8 Å². The van der Waals surface area contributed by atoms with Crippen LogP contribution < -0.4 is 0 Å². The molecule has 2 spiro atoms. The lowest BCUT2D eigenvalue weighted by Crippen LogP contribution is -2.68. The van der Waals surface area contributed by atoms with Gasteiger partial charge in [-0.25, -0.2) is 0 Å². The molecule has 6 fully saturated rings. The maximum Gasteiger partial charge on any atom is 0.140 e. The van der Waals surface area contributed by atoms with Crippen molar-refractivity contribution in [3.8, 4) is 0 Å². The summed E-state index contributed by atoms with van der Waals surface area (Å²) in [5, 5.41) is 22.8. The molecule has 1 heterocycles. The second kappa shape index (κ2) is 5.19. The Morgan fingerprint density at radius 3 is 2.74 bits per heavy atom. The van der Waals surface area contributed by atoms with Gasteiger partial charge in [-0.1, -0.05) is 20.4 Å². The quantitative estimate of drug-likeness (QED) is 0.672. The lowest BCUT2D eigenvalue weighted by molar-refractivity contribution is -0.211. The Morgan fingerprint density at radius 1 is 1.30 bits per heavy atom. The lowest BCUT2D eigenvalue weighted by atomic mass is 9.43. The van der Waals surface area contributed by atoms with Crippen LogP contribution in [0.15, 0.2) is 12.2 Å². The molecule has 0 aromatic rings. The Morgan fingerprint density at radius 2 is 2.04 bits per heavy atom. The summed E-state index contributed by atoms with van der Waals surface area (Å²) in [5.41, 5.74) is 0.598. The van der Waals surface area contributed by atoms with Crippen LogP contribution in [0.5, 0.6) is 0 Å². The van der Waals surface area contributed by atoms with E-state index in [-0.39, 0.29) is 52.4 Å². The first-order chi connectivity index (χ1) is 12.3. The highest BCUT2D eigenvalue weighted by atomic mass is 35.5. The molecule has 0 amide bonds. The number of nitrogens with zero attached hydrogens (tertiary/aromatic N) is 1.